The van der Waals surface area contributed by atoms with Crippen LogP contribution in [0.1, 0.15) is 11.4 Å². The summed E-state index contributed by atoms with van der Waals surface area (Å²) < 4.78 is 18.2. The smallest absolute Gasteiger partial charge is 0.268 e. The fourth-order valence-corrected chi connectivity index (χ4v) is 4.29. The number of fused-ring (bicyclic) bond motifs is 2. The van der Waals surface area contributed by atoms with Crippen LogP contribution in [0.3, 0.4) is 0 Å². The molecule has 0 radical (unpaired) electrons. The molecule has 0 bridgehead atoms. The number of para-hydroxylation sites is 1. The van der Waals surface area contributed by atoms with E-state index in [4.69, 9.17) is 5.73 Å². The number of aryl methyl sites for hydroxylation is 1. The van der Waals surface area contributed by atoms with Gasteiger partial charge in [-0.2, -0.15) is 5.10 Å². The minimum Gasteiger partial charge on any atom is -0.383 e. The molecule has 31 heavy (non-hydrogen) atoms. The summed E-state index contributed by atoms with van der Waals surface area (Å²) in [5.74, 6) is 0.0228. The largest absolute Gasteiger partial charge is 0.383 e. The van der Waals surface area contributed by atoms with Gasteiger partial charge in [0.15, 0.2) is 11.3 Å². The third-order valence-corrected chi connectivity index (χ3v) is 5.70. The summed E-state index contributed by atoms with van der Waals surface area (Å²) >= 11 is 2.04. The van der Waals surface area contributed by atoms with Crippen LogP contribution in [0.15, 0.2) is 47.7 Å². The molecule has 0 aliphatic carbocycles. The van der Waals surface area contributed by atoms with Crippen LogP contribution in [0.2, 0.25) is 0 Å². The maximum Gasteiger partial charge on any atom is 0.268 e. The molecule has 1 aromatic carbocycles. The molecule has 4 heterocycles. The van der Waals surface area contributed by atoms with Crippen molar-refractivity contribution in [3.8, 4) is 5.69 Å². The van der Waals surface area contributed by atoms with Gasteiger partial charge in [0.05, 0.1) is 16.5 Å². The van der Waals surface area contributed by atoms with Crippen LogP contribution >= 0.6 is 22.6 Å². The molecule has 4 aromatic heterocycles. The van der Waals surface area contributed by atoms with Crippen molar-refractivity contribution in [2.75, 3.05) is 5.73 Å². The highest BCUT2D eigenvalue weighted by molar-refractivity contribution is 14.1. The topological polar surface area (TPSA) is 117 Å². The lowest BCUT2D eigenvalue weighted by atomic mass is 10.2. The molecule has 0 atom stereocenters. The normalized spacial score (nSPS) is 11.5. The van der Waals surface area contributed by atoms with Crippen LogP contribution in [-0.2, 0) is 6.54 Å². The van der Waals surface area contributed by atoms with Crippen molar-refractivity contribution in [2.45, 2.75) is 13.5 Å². The van der Waals surface area contributed by atoms with Crippen LogP contribution < -0.4 is 11.3 Å². The number of halogens is 2. The van der Waals surface area contributed by atoms with Crippen LogP contribution in [0, 0.1) is 16.4 Å². The molecule has 0 spiro atoms. The first-order valence-corrected chi connectivity index (χ1v) is 10.3. The fourth-order valence-electron chi connectivity index (χ4n) is 3.51. The number of pyridine rings is 1. The molecule has 11 heteroatoms. The van der Waals surface area contributed by atoms with Crippen molar-refractivity contribution in [3.05, 3.63) is 74.1 Å². The van der Waals surface area contributed by atoms with Crippen molar-refractivity contribution in [3.63, 3.8) is 0 Å². The second-order valence-electron chi connectivity index (χ2n) is 6.85. The molecule has 2 N–H and O–H groups in total. The summed E-state index contributed by atoms with van der Waals surface area (Å²) in [6.07, 6.45) is 2.93. The molecular weight excluding hydrogens is 514 g/mol. The van der Waals surface area contributed by atoms with E-state index in [9.17, 15) is 9.18 Å². The number of nitrogens with two attached hydrogens (primary N) is 1. The number of nitrogen functional groups attached to an aromatic ring is 1. The third kappa shape index (κ3) is 3.12. The first kappa shape index (κ1) is 19.5. The van der Waals surface area contributed by atoms with Crippen LogP contribution in [0.25, 0.3) is 27.8 Å². The fraction of sp³-hybridized carbons (Fsp3) is 0.100. The van der Waals surface area contributed by atoms with Gasteiger partial charge in [-0.15, -0.1) is 0 Å². The Morgan fingerprint density at radius 2 is 1.94 bits per heavy atom. The molecule has 9 nitrogen and oxygen atoms in total. The van der Waals surface area contributed by atoms with Crippen molar-refractivity contribution in [1.29, 1.82) is 0 Å². The number of hydrogen-bond acceptors (Lipinski definition) is 7. The standard InChI is InChI=1S/C20H14FIN8O/c1-10-6-7-24-18-14(10)20(31)30(12-5-3-2-4-11(12)21)13(27-18)8-29-19-15(16(22)28-29)17(23)25-9-26-19/h2-7,9H,8H2,1H3,(H2,23,25,26). The van der Waals surface area contributed by atoms with Gasteiger partial charge < -0.3 is 5.73 Å². The van der Waals surface area contributed by atoms with Crippen molar-refractivity contribution < 1.29 is 4.39 Å². The minimum absolute atomic E-state index is 0.0467. The Bertz CT molecular complexity index is 1540. The third-order valence-electron chi connectivity index (χ3n) is 4.95. The number of hydrogen-bond donors (Lipinski definition) is 1. The molecule has 5 aromatic rings. The molecule has 5 rings (SSSR count). The van der Waals surface area contributed by atoms with E-state index in [0.29, 0.717) is 31.5 Å². The van der Waals surface area contributed by atoms with Gasteiger partial charge in [-0.1, -0.05) is 12.1 Å². The lowest BCUT2D eigenvalue weighted by Gasteiger charge is -2.15. The van der Waals surface area contributed by atoms with E-state index in [1.807, 2.05) is 22.6 Å². The summed E-state index contributed by atoms with van der Waals surface area (Å²) in [5, 5.41) is 5.42. The quantitative estimate of drug-likeness (QED) is 0.358. The molecule has 0 aliphatic rings. The van der Waals surface area contributed by atoms with E-state index in [1.54, 1.807) is 36.0 Å². The molecule has 0 fully saturated rings. The van der Waals surface area contributed by atoms with Gasteiger partial charge in [-0.05, 0) is 53.3 Å². The second kappa shape index (κ2) is 7.34. The number of nitrogens with zero attached hydrogens (tertiary/aromatic N) is 7. The molecular formula is C20H14FIN8O. The maximum absolute atomic E-state index is 14.7. The zero-order valence-corrected chi connectivity index (χ0v) is 18.3. The molecule has 0 aliphatic heterocycles. The van der Waals surface area contributed by atoms with Crippen molar-refractivity contribution >= 4 is 50.5 Å². The van der Waals surface area contributed by atoms with E-state index in [1.165, 1.54) is 23.0 Å². The van der Waals surface area contributed by atoms with Gasteiger partial charge >= 0.3 is 0 Å². The predicted octanol–water partition coefficient (Wildman–Crippen LogP) is 2.60. The van der Waals surface area contributed by atoms with Crippen LogP contribution in [-0.4, -0.2) is 34.3 Å². The van der Waals surface area contributed by atoms with Gasteiger partial charge in [-0.3, -0.25) is 9.36 Å². The number of rotatable bonds is 3. The van der Waals surface area contributed by atoms with E-state index in [-0.39, 0.29) is 23.7 Å². The highest BCUT2D eigenvalue weighted by atomic mass is 127. The van der Waals surface area contributed by atoms with E-state index in [0.717, 1.165) is 0 Å². The van der Waals surface area contributed by atoms with Crippen molar-refractivity contribution in [1.82, 2.24) is 34.3 Å². The predicted molar refractivity (Wildman–Crippen MR) is 121 cm³/mol. The SMILES string of the molecule is Cc1ccnc2nc(Cn3nc(I)c4c(N)ncnc43)n(-c3ccccc3F)c(=O)c12. The molecule has 0 unspecified atom stereocenters. The van der Waals surface area contributed by atoms with Gasteiger partial charge in [0.1, 0.15) is 34.0 Å². The van der Waals surface area contributed by atoms with E-state index >= 15 is 0 Å². The summed E-state index contributed by atoms with van der Waals surface area (Å²) in [7, 11) is 0. The van der Waals surface area contributed by atoms with Gasteiger partial charge in [0.25, 0.3) is 5.56 Å². The maximum atomic E-state index is 14.7. The Balaban J connectivity index is 1.82. The lowest BCUT2D eigenvalue weighted by Crippen LogP contribution is -2.27. The van der Waals surface area contributed by atoms with Crippen LogP contribution in [0.4, 0.5) is 10.2 Å². The molecule has 0 saturated heterocycles. The zero-order chi connectivity index (χ0) is 21.7. The molecule has 0 saturated carbocycles. The zero-order valence-electron chi connectivity index (χ0n) is 16.1. The summed E-state index contributed by atoms with van der Waals surface area (Å²) in [6.45, 7) is 1.84. The minimum atomic E-state index is -0.542. The Morgan fingerprint density at radius 1 is 1.13 bits per heavy atom. The Morgan fingerprint density at radius 3 is 2.74 bits per heavy atom. The van der Waals surface area contributed by atoms with Gasteiger partial charge in [-0.25, -0.2) is 29.0 Å². The summed E-state index contributed by atoms with van der Waals surface area (Å²) in [5.41, 5.74) is 7.15. The second-order valence-corrected chi connectivity index (χ2v) is 7.87. The lowest BCUT2D eigenvalue weighted by molar-refractivity contribution is 0.599. The van der Waals surface area contributed by atoms with E-state index in [2.05, 4.69) is 25.0 Å². The number of anilines is 1. The van der Waals surface area contributed by atoms with Gasteiger partial charge in [0.2, 0.25) is 0 Å². The van der Waals surface area contributed by atoms with Gasteiger partial charge in [0, 0.05) is 6.20 Å². The first-order chi connectivity index (χ1) is 15.0. The Kier molecular flexibility index (Phi) is 4.61. The average Bonchev–Trinajstić information content (AvgIpc) is 3.05. The van der Waals surface area contributed by atoms with Crippen LogP contribution in [0.5, 0.6) is 0 Å². The monoisotopic (exact) mass is 528 g/mol. The number of aromatic nitrogens is 7. The Hall–Kier alpha value is -3.48. The van der Waals surface area contributed by atoms with E-state index < -0.39 is 11.4 Å². The van der Waals surface area contributed by atoms with Crippen molar-refractivity contribution in [2.24, 2.45) is 0 Å². The number of benzene rings is 1. The molecule has 154 valence electrons. The first-order valence-electron chi connectivity index (χ1n) is 9.20. The summed E-state index contributed by atoms with van der Waals surface area (Å²) in [4.78, 5) is 30.6. The highest BCUT2D eigenvalue weighted by Gasteiger charge is 2.20. The highest BCUT2D eigenvalue weighted by Crippen LogP contribution is 2.24. The Labute approximate surface area is 187 Å². The summed E-state index contributed by atoms with van der Waals surface area (Å²) in [6, 6.07) is 7.78. The molecule has 0 amide bonds. The average molecular weight is 528 g/mol.